The van der Waals surface area contributed by atoms with Crippen molar-refractivity contribution in [2.45, 2.75) is 81.9 Å². The number of benzene rings is 2. The molecule has 0 bridgehead atoms. The van der Waals surface area contributed by atoms with Crippen molar-refractivity contribution in [3.63, 3.8) is 0 Å². The van der Waals surface area contributed by atoms with E-state index in [1.54, 1.807) is 56.3 Å². The van der Waals surface area contributed by atoms with Gasteiger partial charge in [0, 0.05) is 17.0 Å². The van der Waals surface area contributed by atoms with Crippen molar-refractivity contribution in [3.8, 4) is 5.75 Å². The molecule has 13 heteroatoms. The van der Waals surface area contributed by atoms with Gasteiger partial charge in [-0.2, -0.15) is 0 Å². The number of fused-ring (bicyclic) bond motifs is 1. The number of oxime groups is 1. The third-order valence-corrected chi connectivity index (χ3v) is 7.85. The van der Waals surface area contributed by atoms with Crippen molar-refractivity contribution >= 4 is 29.3 Å². The maximum Gasteiger partial charge on any atom is 0.247 e. The standard InChI is InChI=1S/C30H35ClN2O10/c1-15(30(38)32-23-24(35)26(37)29-28(25(23)36)39-14-40-29)10-17-6-8-20(9-7-17)42-22-12-21(34)27(43-22)16(2)33-41-13-18-4-3-5-19(31)11-18/h3-11,21-29,34-37H,12-14H2,1-2H3,(H,32,38)/b15-10+,33-16+/t21-,22-,23-,24+,25-,26-,27-,28+,29-/m1/s1. The predicted octanol–water partition coefficient (Wildman–Crippen LogP) is 1.51. The summed E-state index contributed by atoms with van der Waals surface area (Å²) in [5.41, 5.74) is 2.34. The highest BCUT2D eigenvalue weighted by molar-refractivity contribution is 6.30. The highest BCUT2D eigenvalue weighted by atomic mass is 35.5. The van der Waals surface area contributed by atoms with Crippen molar-refractivity contribution in [2.24, 2.45) is 5.16 Å². The number of aliphatic hydroxyl groups excluding tert-OH is 4. The summed E-state index contributed by atoms with van der Waals surface area (Å²) in [5, 5.41) is 49.1. The number of carbonyl (C=O) groups excluding carboxylic acids is 1. The number of halogens is 1. The minimum atomic E-state index is -1.43. The summed E-state index contributed by atoms with van der Waals surface area (Å²) < 4.78 is 22.3. The highest BCUT2D eigenvalue weighted by Gasteiger charge is 2.53. The predicted molar refractivity (Wildman–Crippen MR) is 154 cm³/mol. The number of nitrogens with one attached hydrogen (secondary N) is 1. The van der Waals surface area contributed by atoms with Crippen LogP contribution in [0, 0.1) is 0 Å². The molecule has 2 saturated heterocycles. The van der Waals surface area contributed by atoms with E-state index in [0.29, 0.717) is 27.6 Å². The monoisotopic (exact) mass is 618 g/mol. The largest absolute Gasteiger partial charge is 0.465 e. The lowest BCUT2D eigenvalue weighted by atomic mass is 9.83. The van der Waals surface area contributed by atoms with Gasteiger partial charge in [0.05, 0.1) is 17.9 Å². The number of rotatable bonds is 9. The molecule has 3 aliphatic rings. The van der Waals surface area contributed by atoms with Gasteiger partial charge in [-0.3, -0.25) is 4.79 Å². The van der Waals surface area contributed by atoms with E-state index in [-0.39, 0.29) is 19.8 Å². The van der Waals surface area contributed by atoms with Gasteiger partial charge in [0.2, 0.25) is 12.2 Å². The van der Waals surface area contributed by atoms with Crippen LogP contribution in [0.4, 0.5) is 0 Å². The Morgan fingerprint density at radius 3 is 2.49 bits per heavy atom. The van der Waals surface area contributed by atoms with Crippen LogP contribution >= 0.6 is 11.6 Å². The summed E-state index contributed by atoms with van der Waals surface area (Å²) in [6.07, 6.45) is -6.08. The van der Waals surface area contributed by atoms with Crippen molar-refractivity contribution in [1.29, 1.82) is 0 Å². The molecule has 43 heavy (non-hydrogen) atoms. The third-order valence-electron chi connectivity index (χ3n) is 7.61. The van der Waals surface area contributed by atoms with Crippen molar-refractivity contribution in [2.75, 3.05) is 6.79 Å². The van der Waals surface area contributed by atoms with E-state index >= 15 is 0 Å². The summed E-state index contributed by atoms with van der Waals surface area (Å²) in [7, 11) is 0. The summed E-state index contributed by atoms with van der Waals surface area (Å²) in [6, 6.07) is 13.0. The van der Waals surface area contributed by atoms with Crippen LogP contribution in [0.5, 0.6) is 5.75 Å². The van der Waals surface area contributed by atoms with Crippen LogP contribution in [0.2, 0.25) is 5.02 Å². The number of ether oxygens (including phenoxy) is 4. The number of nitrogens with zero attached hydrogens (tertiary/aromatic N) is 1. The maximum absolute atomic E-state index is 12.8. The molecule has 1 amide bonds. The molecule has 2 aromatic rings. The fraction of sp³-hybridized carbons (Fsp3) is 0.467. The number of amides is 1. The molecular formula is C30H35ClN2O10. The summed E-state index contributed by atoms with van der Waals surface area (Å²) in [4.78, 5) is 18.2. The Kier molecular flexibility index (Phi) is 9.99. The SMILES string of the molecule is C/C(=C\c1ccc(O[C@H]2C[C@@H](O)[C@@H](/C(C)=N/OCc3cccc(Cl)c3)O2)cc1)C(=O)N[C@@H]1[C@H](O)[C@@H](O)[C@H]2OCO[C@H]2[C@@H]1O. The second-order valence-electron chi connectivity index (χ2n) is 10.8. The normalized spacial score (nSPS) is 32.8. The smallest absolute Gasteiger partial charge is 0.247 e. The first-order valence-corrected chi connectivity index (χ1v) is 14.3. The fourth-order valence-corrected chi connectivity index (χ4v) is 5.51. The zero-order valence-electron chi connectivity index (χ0n) is 23.6. The Morgan fingerprint density at radius 2 is 1.77 bits per heavy atom. The van der Waals surface area contributed by atoms with E-state index in [2.05, 4.69) is 10.5 Å². The van der Waals surface area contributed by atoms with E-state index in [1.807, 2.05) is 12.1 Å². The van der Waals surface area contributed by atoms with Gasteiger partial charge in [-0.05, 0) is 55.3 Å². The molecule has 0 unspecified atom stereocenters. The minimum absolute atomic E-state index is 0.113. The van der Waals surface area contributed by atoms with Crippen molar-refractivity contribution in [1.82, 2.24) is 5.32 Å². The Bertz CT molecular complexity index is 1340. The summed E-state index contributed by atoms with van der Waals surface area (Å²) in [5.74, 6) is -0.0272. The van der Waals surface area contributed by atoms with Crippen LogP contribution in [0.3, 0.4) is 0 Å². The van der Waals surface area contributed by atoms with Gasteiger partial charge < -0.3 is 49.5 Å². The van der Waals surface area contributed by atoms with Crippen LogP contribution in [0.1, 0.15) is 31.4 Å². The molecular weight excluding hydrogens is 584 g/mol. The van der Waals surface area contributed by atoms with Crippen molar-refractivity contribution in [3.05, 3.63) is 70.3 Å². The molecule has 3 fully saturated rings. The first-order chi connectivity index (χ1) is 20.6. The zero-order chi connectivity index (χ0) is 30.7. The molecule has 1 aliphatic carbocycles. The van der Waals surface area contributed by atoms with E-state index in [9.17, 15) is 25.2 Å². The summed E-state index contributed by atoms with van der Waals surface area (Å²) >= 11 is 5.99. The van der Waals surface area contributed by atoms with Crippen LogP contribution < -0.4 is 10.1 Å². The van der Waals surface area contributed by atoms with Gasteiger partial charge in [-0.25, -0.2) is 0 Å². The number of hydrogen-bond acceptors (Lipinski definition) is 11. The molecule has 2 aromatic carbocycles. The molecule has 0 spiro atoms. The van der Waals surface area contributed by atoms with Gasteiger partial charge in [0.25, 0.3) is 0 Å². The maximum atomic E-state index is 12.8. The van der Waals surface area contributed by atoms with Crippen LogP contribution in [0.25, 0.3) is 6.08 Å². The fourth-order valence-electron chi connectivity index (χ4n) is 5.30. The van der Waals surface area contributed by atoms with Gasteiger partial charge in [0.1, 0.15) is 55.8 Å². The quantitative estimate of drug-likeness (QED) is 0.158. The Morgan fingerprint density at radius 1 is 1.05 bits per heavy atom. The van der Waals surface area contributed by atoms with Crippen molar-refractivity contribution < 1.29 is 49.0 Å². The average molecular weight is 619 g/mol. The van der Waals surface area contributed by atoms with Crippen LogP contribution in [-0.4, -0.2) is 93.9 Å². The Labute approximate surface area is 253 Å². The second kappa shape index (κ2) is 13.7. The van der Waals surface area contributed by atoms with Gasteiger partial charge in [-0.15, -0.1) is 0 Å². The first-order valence-electron chi connectivity index (χ1n) is 13.9. The first kappa shape index (κ1) is 31.4. The van der Waals surface area contributed by atoms with Gasteiger partial charge in [0.15, 0.2) is 0 Å². The highest BCUT2D eigenvalue weighted by Crippen LogP contribution is 2.30. The lowest BCUT2D eigenvalue weighted by Gasteiger charge is -2.41. The van der Waals surface area contributed by atoms with E-state index in [4.69, 9.17) is 35.4 Å². The van der Waals surface area contributed by atoms with Gasteiger partial charge in [-0.1, -0.05) is 41.0 Å². The van der Waals surface area contributed by atoms with E-state index in [1.165, 1.54) is 0 Å². The number of aliphatic hydroxyl groups is 4. The number of hydrogen-bond donors (Lipinski definition) is 5. The molecule has 0 aromatic heterocycles. The van der Waals surface area contributed by atoms with Gasteiger partial charge >= 0.3 is 0 Å². The molecule has 12 nitrogen and oxygen atoms in total. The molecule has 2 aliphatic heterocycles. The van der Waals surface area contributed by atoms with E-state index < -0.39 is 61.0 Å². The molecule has 232 valence electrons. The molecule has 0 radical (unpaired) electrons. The Hall–Kier alpha value is -3.07. The molecule has 1 saturated carbocycles. The van der Waals surface area contributed by atoms with E-state index in [0.717, 1.165) is 5.56 Å². The second-order valence-corrected chi connectivity index (χ2v) is 11.2. The minimum Gasteiger partial charge on any atom is -0.465 e. The summed E-state index contributed by atoms with van der Waals surface area (Å²) in [6.45, 7) is 3.41. The zero-order valence-corrected chi connectivity index (χ0v) is 24.3. The van der Waals surface area contributed by atoms with Crippen LogP contribution in [0.15, 0.2) is 59.3 Å². The lowest BCUT2D eigenvalue weighted by Crippen LogP contribution is -2.67. The third kappa shape index (κ3) is 7.36. The molecule has 5 N–H and O–H groups in total. The molecule has 2 heterocycles. The topological polar surface area (TPSA) is 169 Å². The lowest BCUT2D eigenvalue weighted by molar-refractivity contribution is -0.155. The number of carbonyl (C=O) groups is 1. The van der Waals surface area contributed by atoms with Crippen LogP contribution in [-0.2, 0) is 30.4 Å². The molecule has 5 rings (SSSR count). The molecule has 9 atom stereocenters. The average Bonchev–Trinajstić information content (AvgIpc) is 3.62. The Balaban J connectivity index is 1.12.